The van der Waals surface area contributed by atoms with Crippen LogP contribution in [-0.2, 0) is 19.1 Å². The van der Waals surface area contributed by atoms with Gasteiger partial charge in [-0.25, -0.2) is 0 Å². The zero-order valence-corrected chi connectivity index (χ0v) is 13.6. The van der Waals surface area contributed by atoms with Crippen molar-refractivity contribution in [1.29, 1.82) is 0 Å². The second-order valence-corrected chi connectivity index (χ2v) is 4.75. The predicted molar refractivity (Wildman–Crippen MR) is 86.3 cm³/mol. The molecule has 0 bridgehead atoms. The SMILES string of the molecule is C.CCC(C)C(=O)OCCCO.CCC(C)C(=O)OCCO. The van der Waals surface area contributed by atoms with Crippen LogP contribution in [0.25, 0.3) is 0 Å². The van der Waals surface area contributed by atoms with E-state index >= 15 is 0 Å². The summed E-state index contributed by atoms with van der Waals surface area (Å²) in [4.78, 5) is 21.7. The molecule has 2 unspecified atom stereocenters. The van der Waals surface area contributed by atoms with Crippen molar-refractivity contribution in [2.45, 2.75) is 54.4 Å². The fraction of sp³-hybridized carbons (Fsp3) is 0.875. The van der Waals surface area contributed by atoms with Crippen molar-refractivity contribution in [2.75, 3.05) is 26.4 Å². The second kappa shape index (κ2) is 17.9. The molecular weight excluding hydrogens is 288 g/mol. The Bertz CT molecular complexity index is 267. The van der Waals surface area contributed by atoms with E-state index in [1.807, 2.05) is 20.8 Å². The highest BCUT2D eigenvalue weighted by molar-refractivity contribution is 5.72. The molecule has 0 aliphatic carbocycles. The van der Waals surface area contributed by atoms with Crippen LogP contribution in [0.3, 0.4) is 0 Å². The molecule has 0 aliphatic heterocycles. The average molecular weight is 322 g/mol. The van der Waals surface area contributed by atoms with Crippen LogP contribution in [0.4, 0.5) is 0 Å². The summed E-state index contributed by atoms with van der Waals surface area (Å²) in [5.41, 5.74) is 0. The lowest BCUT2D eigenvalue weighted by Gasteiger charge is -2.07. The van der Waals surface area contributed by atoms with Gasteiger partial charge < -0.3 is 19.7 Å². The average Bonchev–Trinajstić information content (AvgIpc) is 2.51. The van der Waals surface area contributed by atoms with Crippen molar-refractivity contribution in [3.63, 3.8) is 0 Å². The Morgan fingerprint density at radius 2 is 1.27 bits per heavy atom. The molecule has 0 rings (SSSR count). The molecule has 0 radical (unpaired) electrons. The van der Waals surface area contributed by atoms with E-state index in [4.69, 9.17) is 14.9 Å². The topological polar surface area (TPSA) is 93.1 Å². The Kier molecular flexibility index (Phi) is 21.0. The van der Waals surface area contributed by atoms with Gasteiger partial charge in [-0.15, -0.1) is 0 Å². The first-order valence-electron chi connectivity index (χ1n) is 7.49. The van der Waals surface area contributed by atoms with Gasteiger partial charge >= 0.3 is 11.9 Å². The van der Waals surface area contributed by atoms with Gasteiger partial charge in [-0.05, 0) is 12.8 Å². The molecule has 6 nitrogen and oxygen atoms in total. The van der Waals surface area contributed by atoms with E-state index in [9.17, 15) is 9.59 Å². The Morgan fingerprint density at radius 3 is 1.59 bits per heavy atom. The van der Waals surface area contributed by atoms with Crippen LogP contribution in [0, 0.1) is 11.8 Å². The number of hydrogen-bond donors (Lipinski definition) is 2. The van der Waals surface area contributed by atoms with E-state index in [0.717, 1.165) is 12.8 Å². The van der Waals surface area contributed by atoms with Crippen LogP contribution < -0.4 is 0 Å². The highest BCUT2D eigenvalue weighted by Crippen LogP contribution is 2.03. The highest BCUT2D eigenvalue weighted by atomic mass is 16.5. The van der Waals surface area contributed by atoms with E-state index in [1.54, 1.807) is 6.92 Å². The number of esters is 2. The standard InChI is InChI=1S/C8H16O3.C7H14O3.CH4/c1-3-7(2)8(10)11-6-4-5-9;1-3-6(2)7(9)10-5-4-8;/h7,9H,3-6H2,1-2H3;6,8H,3-5H2,1-2H3;1H4. The zero-order chi connectivity index (χ0) is 16.7. The molecule has 0 aromatic rings. The number of hydrogen-bond acceptors (Lipinski definition) is 6. The van der Waals surface area contributed by atoms with Gasteiger partial charge in [0.2, 0.25) is 0 Å². The molecule has 134 valence electrons. The van der Waals surface area contributed by atoms with Crippen molar-refractivity contribution >= 4 is 11.9 Å². The minimum Gasteiger partial charge on any atom is -0.465 e. The van der Waals surface area contributed by atoms with Crippen molar-refractivity contribution in [3.8, 4) is 0 Å². The van der Waals surface area contributed by atoms with Gasteiger partial charge in [-0.1, -0.05) is 35.1 Å². The minimum atomic E-state index is -0.225. The smallest absolute Gasteiger partial charge is 0.308 e. The summed E-state index contributed by atoms with van der Waals surface area (Å²) in [5, 5.41) is 16.7. The summed E-state index contributed by atoms with van der Waals surface area (Å²) < 4.78 is 9.49. The number of carbonyl (C=O) groups excluding carboxylic acids is 2. The molecular formula is C16H34O6. The first-order chi connectivity index (χ1) is 9.94. The third kappa shape index (κ3) is 15.3. The summed E-state index contributed by atoms with van der Waals surface area (Å²) in [6.07, 6.45) is 2.12. The lowest BCUT2D eigenvalue weighted by atomic mass is 10.1. The van der Waals surface area contributed by atoms with Gasteiger partial charge in [0.25, 0.3) is 0 Å². The van der Waals surface area contributed by atoms with Gasteiger partial charge in [-0.2, -0.15) is 0 Å². The molecule has 0 aromatic heterocycles. The molecule has 0 saturated heterocycles. The van der Waals surface area contributed by atoms with E-state index in [0.29, 0.717) is 13.0 Å². The maximum atomic E-state index is 10.9. The molecule has 2 N–H and O–H groups in total. The first-order valence-corrected chi connectivity index (χ1v) is 7.49. The van der Waals surface area contributed by atoms with E-state index in [1.165, 1.54) is 0 Å². The fourth-order valence-electron chi connectivity index (χ4n) is 1.00. The number of ether oxygens (including phenoxy) is 2. The number of aliphatic hydroxyl groups is 2. The lowest BCUT2D eigenvalue weighted by molar-refractivity contribution is -0.149. The normalized spacial score (nSPS) is 12.1. The molecule has 0 aromatic carbocycles. The Morgan fingerprint density at radius 1 is 0.864 bits per heavy atom. The van der Waals surface area contributed by atoms with Crippen molar-refractivity contribution in [1.82, 2.24) is 0 Å². The summed E-state index contributed by atoms with van der Waals surface area (Å²) in [6.45, 7) is 7.93. The predicted octanol–water partition coefficient (Wildman–Crippen LogP) is 2.16. The van der Waals surface area contributed by atoms with Crippen LogP contribution in [0.15, 0.2) is 0 Å². The minimum absolute atomic E-state index is 0. The molecule has 0 aliphatic rings. The van der Waals surface area contributed by atoms with Crippen LogP contribution >= 0.6 is 0 Å². The monoisotopic (exact) mass is 322 g/mol. The zero-order valence-electron chi connectivity index (χ0n) is 13.6. The lowest BCUT2D eigenvalue weighted by Crippen LogP contribution is -2.15. The quantitative estimate of drug-likeness (QED) is 0.499. The van der Waals surface area contributed by atoms with Crippen molar-refractivity contribution in [2.24, 2.45) is 11.8 Å². The van der Waals surface area contributed by atoms with Crippen LogP contribution in [0.2, 0.25) is 0 Å². The van der Waals surface area contributed by atoms with Gasteiger partial charge in [0.15, 0.2) is 0 Å². The Labute approximate surface area is 134 Å². The van der Waals surface area contributed by atoms with E-state index < -0.39 is 0 Å². The maximum Gasteiger partial charge on any atom is 0.308 e. The molecule has 22 heavy (non-hydrogen) atoms. The molecule has 0 fully saturated rings. The summed E-state index contributed by atoms with van der Waals surface area (Å²) in [5.74, 6) is -0.460. The van der Waals surface area contributed by atoms with Gasteiger partial charge in [0, 0.05) is 13.0 Å². The van der Waals surface area contributed by atoms with Crippen molar-refractivity contribution in [3.05, 3.63) is 0 Å². The fourth-order valence-corrected chi connectivity index (χ4v) is 1.00. The maximum absolute atomic E-state index is 10.9. The largest absolute Gasteiger partial charge is 0.465 e. The van der Waals surface area contributed by atoms with Gasteiger partial charge in [-0.3, -0.25) is 9.59 Å². The Balaban J connectivity index is -0.000000315. The summed E-state index contributed by atoms with van der Waals surface area (Å²) in [7, 11) is 0. The molecule has 0 spiro atoms. The summed E-state index contributed by atoms with van der Waals surface area (Å²) >= 11 is 0. The Hall–Kier alpha value is -1.14. The highest BCUT2D eigenvalue weighted by Gasteiger charge is 2.11. The van der Waals surface area contributed by atoms with E-state index in [-0.39, 0.29) is 51.0 Å². The first kappa shape index (κ1) is 25.8. The third-order valence-corrected chi connectivity index (χ3v) is 2.91. The third-order valence-electron chi connectivity index (χ3n) is 2.91. The van der Waals surface area contributed by atoms with Crippen molar-refractivity contribution < 1.29 is 29.3 Å². The number of carbonyl (C=O) groups is 2. The van der Waals surface area contributed by atoms with E-state index in [2.05, 4.69) is 4.74 Å². The number of rotatable bonds is 9. The molecule has 2 atom stereocenters. The van der Waals surface area contributed by atoms with Gasteiger partial charge in [0.05, 0.1) is 25.0 Å². The number of aliphatic hydroxyl groups excluding tert-OH is 2. The van der Waals surface area contributed by atoms with Crippen LogP contribution in [-0.4, -0.2) is 48.6 Å². The van der Waals surface area contributed by atoms with Crippen LogP contribution in [0.5, 0.6) is 0 Å². The van der Waals surface area contributed by atoms with Gasteiger partial charge in [0.1, 0.15) is 6.61 Å². The molecule has 0 amide bonds. The molecule has 6 heteroatoms. The summed E-state index contributed by atoms with van der Waals surface area (Å²) in [6, 6.07) is 0. The molecule has 0 saturated carbocycles. The van der Waals surface area contributed by atoms with Crippen LogP contribution in [0.1, 0.15) is 54.4 Å². The molecule has 0 heterocycles. The second-order valence-electron chi connectivity index (χ2n) is 4.75.